The van der Waals surface area contributed by atoms with Gasteiger partial charge in [0.1, 0.15) is 0 Å². The molecule has 1 aromatic carbocycles. The zero-order valence-electron chi connectivity index (χ0n) is 10.4. The van der Waals surface area contributed by atoms with E-state index in [-0.39, 0.29) is 5.25 Å². The van der Waals surface area contributed by atoms with Crippen LogP contribution in [-0.4, -0.2) is 28.3 Å². The first-order valence-corrected chi connectivity index (χ1v) is 8.15. The van der Waals surface area contributed by atoms with E-state index in [0.29, 0.717) is 12.2 Å². The van der Waals surface area contributed by atoms with Crippen LogP contribution in [0.1, 0.15) is 16.7 Å². The second-order valence-corrected chi connectivity index (χ2v) is 6.97. The van der Waals surface area contributed by atoms with Crippen molar-refractivity contribution in [1.82, 2.24) is 0 Å². The maximum atomic E-state index is 12.2. The molecule has 0 aromatic heterocycles. The summed E-state index contributed by atoms with van der Waals surface area (Å²) in [6.07, 6.45) is 0.603. The molecular weight excluding hydrogens is 248 g/mol. The first-order chi connectivity index (χ1) is 8.16. The van der Waals surface area contributed by atoms with Gasteiger partial charge in [-0.25, -0.2) is 0 Å². The Morgan fingerprint density at radius 3 is 2.88 bits per heavy atom. The molecule has 0 amide bonds. The summed E-state index contributed by atoms with van der Waals surface area (Å²) in [4.78, 5) is 12.2. The molecular formula is C14H18OS2. The maximum absolute atomic E-state index is 12.2. The number of Topliss-reactive ketones (excluding diaryl/α,β-unsaturated/α-hetero) is 1. The highest BCUT2D eigenvalue weighted by Crippen LogP contribution is 2.26. The number of hydrogen-bond acceptors (Lipinski definition) is 3. The second kappa shape index (κ2) is 5.96. The molecule has 1 nitrogen and oxygen atoms in total. The van der Waals surface area contributed by atoms with E-state index in [1.807, 2.05) is 23.5 Å². The zero-order chi connectivity index (χ0) is 12.3. The molecule has 1 fully saturated rings. The molecule has 1 unspecified atom stereocenters. The highest BCUT2D eigenvalue weighted by molar-refractivity contribution is 8.07. The molecule has 0 N–H and O–H groups in total. The van der Waals surface area contributed by atoms with Gasteiger partial charge in [-0.3, -0.25) is 4.79 Å². The summed E-state index contributed by atoms with van der Waals surface area (Å²) < 4.78 is 0. The lowest BCUT2D eigenvalue weighted by Gasteiger charge is -2.20. The van der Waals surface area contributed by atoms with Gasteiger partial charge in [0.2, 0.25) is 0 Å². The van der Waals surface area contributed by atoms with Gasteiger partial charge < -0.3 is 0 Å². The van der Waals surface area contributed by atoms with E-state index in [1.54, 1.807) is 0 Å². The van der Waals surface area contributed by atoms with E-state index in [9.17, 15) is 4.79 Å². The highest BCUT2D eigenvalue weighted by atomic mass is 32.2. The van der Waals surface area contributed by atoms with Crippen LogP contribution in [0.25, 0.3) is 0 Å². The van der Waals surface area contributed by atoms with Gasteiger partial charge in [-0.15, -0.1) is 11.8 Å². The lowest BCUT2D eigenvalue weighted by Crippen LogP contribution is -2.26. The lowest BCUT2D eigenvalue weighted by molar-refractivity contribution is -0.117. The van der Waals surface area contributed by atoms with Crippen molar-refractivity contribution in [2.24, 2.45) is 0 Å². The van der Waals surface area contributed by atoms with Gasteiger partial charge in [-0.1, -0.05) is 23.8 Å². The van der Waals surface area contributed by atoms with Crippen molar-refractivity contribution in [1.29, 1.82) is 0 Å². The monoisotopic (exact) mass is 266 g/mol. The molecule has 1 aliphatic rings. The van der Waals surface area contributed by atoms with Gasteiger partial charge in [-0.2, -0.15) is 11.8 Å². The van der Waals surface area contributed by atoms with Crippen molar-refractivity contribution in [2.45, 2.75) is 25.5 Å². The number of thioether (sulfide) groups is 2. The van der Waals surface area contributed by atoms with E-state index in [1.165, 1.54) is 22.4 Å². The van der Waals surface area contributed by atoms with E-state index in [2.05, 4.69) is 32.0 Å². The summed E-state index contributed by atoms with van der Waals surface area (Å²) in [5, 5.41) is 0.216. The molecule has 0 aliphatic carbocycles. The lowest BCUT2D eigenvalue weighted by atomic mass is 10.00. The molecule has 1 heterocycles. The molecule has 0 spiro atoms. The third-order valence-electron chi connectivity index (χ3n) is 3.04. The number of benzene rings is 1. The van der Waals surface area contributed by atoms with E-state index >= 15 is 0 Å². The van der Waals surface area contributed by atoms with Crippen LogP contribution in [0.5, 0.6) is 0 Å². The Kier molecular flexibility index (Phi) is 4.57. The van der Waals surface area contributed by atoms with Gasteiger partial charge in [0.05, 0.1) is 5.25 Å². The predicted octanol–water partition coefficient (Wildman–Crippen LogP) is 3.26. The third-order valence-corrected chi connectivity index (χ3v) is 5.85. The predicted molar refractivity (Wildman–Crippen MR) is 78.2 cm³/mol. The number of rotatable bonds is 3. The van der Waals surface area contributed by atoms with Gasteiger partial charge in [-0.05, 0) is 25.0 Å². The SMILES string of the molecule is Cc1ccc(C)c(CC(=O)C2CSCCS2)c1. The molecule has 1 saturated heterocycles. The van der Waals surface area contributed by atoms with Crippen molar-refractivity contribution >= 4 is 29.3 Å². The fraction of sp³-hybridized carbons (Fsp3) is 0.500. The summed E-state index contributed by atoms with van der Waals surface area (Å²) in [7, 11) is 0. The number of aryl methyl sites for hydroxylation is 2. The molecule has 1 aromatic rings. The number of carbonyl (C=O) groups is 1. The van der Waals surface area contributed by atoms with Crippen LogP contribution in [0.15, 0.2) is 18.2 Å². The van der Waals surface area contributed by atoms with Crippen molar-refractivity contribution in [2.75, 3.05) is 17.3 Å². The first-order valence-electron chi connectivity index (χ1n) is 5.95. The standard InChI is InChI=1S/C14H18OS2/c1-10-3-4-11(2)12(7-10)8-13(15)14-9-16-5-6-17-14/h3-4,7,14H,5-6,8-9H2,1-2H3. The third kappa shape index (κ3) is 3.52. The van der Waals surface area contributed by atoms with E-state index in [4.69, 9.17) is 0 Å². The number of hydrogen-bond donors (Lipinski definition) is 0. The Morgan fingerprint density at radius 1 is 1.35 bits per heavy atom. The van der Waals surface area contributed by atoms with Gasteiger partial charge in [0.25, 0.3) is 0 Å². The fourth-order valence-electron chi connectivity index (χ4n) is 1.97. The van der Waals surface area contributed by atoms with Crippen LogP contribution in [-0.2, 0) is 11.2 Å². The minimum Gasteiger partial charge on any atom is -0.298 e. The Hall–Kier alpha value is -0.410. The number of carbonyl (C=O) groups excluding carboxylic acids is 1. The van der Waals surface area contributed by atoms with Crippen molar-refractivity contribution < 1.29 is 4.79 Å². The Bertz CT molecular complexity index is 409. The normalized spacial score (nSPS) is 20.2. The molecule has 17 heavy (non-hydrogen) atoms. The molecule has 0 bridgehead atoms. The van der Waals surface area contributed by atoms with Gasteiger partial charge in [0.15, 0.2) is 5.78 Å². The van der Waals surface area contributed by atoms with Crippen LogP contribution in [0, 0.1) is 13.8 Å². The van der Waals surface area contributed by atoms with Crippen LogP contribution < -0.4 is 0 Å². The van der Waals surface area contributed by atoms with Crippen LogP contribution >= 0.6 is 23.5 Å². The average molecular weight is 266 g/mol. The molecule has 1 atom stereocenters. The molecule has 0 saturated carbocycles. The smallest absolute Gasteiger partial charge is 0.151 e. The van der Waals surface area contributed by atoms with Crippen molar-refractivity contribution in [3.63, 3.8) is 0 Å². The van der Waals surface area contributed by atoms with Gasteiger partial charge in [0, 0.05) is 23.7 Å². The van der Waals surface area contributed by atoms with Gasteiger partial charge >= 0.3 is 0 Å². The van der Waals surface area contributed by atoms with E-state index < -0.39 is 0 Å². The Labute approximate surface area is 112 Å². The minimum atomic E-state index is 0.216. The molecule has 2 rings (SSSR count). The maximum Gasteiger partial charge on any atom is 0.151 e. The summed E-state index contributed by atoms with van der Waals surface area (Å²) >= 11 is 3.74. The summed E-state index contributed by atoms with van der Waals surface area (Å²) in [5.41, 5.74) is 3.67. The summed E-state index contributed by atoms with van der Waals surface area (Å²) in [5.74, 6) is 3.70. The van der Waals surface area contributed by atoms with Crippen molar-refractivity contribution in [3.8, 4) is 0 Å². The largest absolute Gasteiger partial charge is 0.298 e. The Balaban J connectivity index is 2.04. The molecule has 0 radical (unpaired) electrons. The topological polar surface area (TPSA) is 17.1 Å². The number of ketones is 1. The van der Waals surface area contributed by atoms with Crippen LogP contribution in [0.4, 0.5) is 0 Å². The minimum absolute atomic E-state index is 0.216. The quantitative estimate of drug-likeness (QED) is 0.836. The summed E-state index contributed by atoms with van der Waals surface area (Å²) in [6.45, 7) is 4.17. The molecule has 3 heteroatoms. The average Bonchev–Trinajstić information content (AvgIpc) is 2.35. The second-order valence-electron chi connectivity index (χ2n) is 4.51. The highest BCUT2D eigenvalue weighted by Gasteiger charge is 2.22. The Morgan fingerprint density at radius 2 is 2.18 bits per heavy atom. The first kappa shape index (κ1) is 13.0. The molecule has 92 valence electrons. The van der Waals surface area contributed by atoms with Crippen LogP contribution in [0.2, 0.25) is 0 Å². The summed E-state index contributed by atoms with van der Waals surface area (Å²) in [6, 6.07) is 6.36. The zero-order valence-corrected chi connectivity index (χ0v) is 12.0. The van der Waals surface area contributed by atoms with Crippen LogP contribution in [0.3, 0.4) is 0 Å². The fourth-order valence-corrected chi connectivity index (χ4v) is 4.62. The molecule has 1 aliphatic heterocycles. The van der Waals surface area contributed by atoms with E-state index in [0.717, 1.165) is 11.5 Å². The van der Waals surface area contributed by atoms with Crippen molar-refractivity contribution in [3.05, 3.63) is 34.9 Å².